The van der Waals surface area contributed by atoms with E-state index in [1.54, 1.807) is 4.57 Å². The first-order chi connectivity index (χ1) is 18.9. The third-order valence-corrected chi connectivity index (χ3v) is 6.95. The highest BCUT2D eigenvalue weighted by atomic mass is 16.1. The summed E-state index contributed by atoms with van der Waals surface area (Å²) in [5.41, 5.74) is 5.59. The molecular formula is C29H35N9O. The maximum atomic E-state index is 13.9. The van der Waals surface area contributed by atoms with Crippen molar-refractivity contribution >= 4 is 0 Å². The van der Waals surface area contributed by atoms with Crippen molar-refractivity contribution in [1.29, 1.82) is 0 Å². The maximum absolute atomic E-state index is 13.9. The van der Waals surface area contributed by atoms with Gasteiger partial charge >= 0.3 is 5.69 Å². The van der Waals surface area contributed by atoms with E-state index in [4.69, 9.17) is 4.98 Å². The number of unbranched alkanes of at least 4 members (excludes halogenated alkanes) is 1. The zero-order valence-electron chi connectivity index (χ0n) is 23.2. The van der Waals surface area contributed by atoms with Crippen LogP contribution >= 0.6 is 0 Å². The quantitative estimate of drug-likeness (QED) is 0.269. The molecule has 0 unspecified atom stereocenters. The number of aromatic nitrogens is 9. The lowest BCUT2D eigenvalue weighted by atomic mass is 10.0. The van der Waals surface area contributed by atoms with Gasteiger partial charge in [-0.1, -0.05) is 57.5 Å². The molecule has 5 rings (SSSR count). The molecule has 0 bridgehead atoms. The van der Waals surface area contributed by atoms with Gasteiger partial charge < -0.3 is 0 Å². The fourth-order valence-corrected chi connectivity index (χ4v) is 4.85. The summed E-state index contributed by atoms with van der Waals surface area (Å²) >= 11 is 0. The van der Waals surface area contributed by atoms with Gasteiger partial charge in [-0.05, 0) is 49.5 Å². The van der Waals surface area contributed by atoms with Crippen LogP contribution in [0.15, 0.2) is 59.8 Å². The SMILES string of the molecule is CCCCc1cn(-c2c(C(C)C)cnn2C(C)C)c(=O)n1Cc1ccc(-c2ccccc2-c2nn[nH]n2)cn1. The van der Waals surface area contributed by atoms with Crippen molar-refractivity contribution in [2.24, 2.45) is 0 Å². The van der Waals surface area contributed by atoms with Gasteiger partial charge in [-0.25, -0.2) is 9.48 Å². The van der Waals surface area contributed by atoms with Crippen molar-refractivity contribution in [3.05, 3.63) is 82.4 Å². The first-order valence-corrected chi connectivity index (χ1v) is 13.6. The van der Waals surface area contributed by atoms with Crippen LogP contribution in [-0.4, -0.2) is 44.5 Å². The summed E-state index contributed by atoms with van der Waals surface area (Å²) in [7, 11) is 0. The van der Waals surface area contributed by atoms with E-state index >= 15 is 0 Å². The van der Waals surface area contributed by atoms with E-state index in [1.165, 1.54) is 0 Å². The van der Waals surface area contributed by atoms with Gasteiger partial charge in [0, 0.05) is 40.8 Å². The van der Waals surface area contributed by atoms with E-state index in [9.17, 15) is 4.79 Å². The van der Waals surface area contributed by atoms with Crippen LogP contribution in [0.4, 0.5) is 0 Å². The van der Waals surface area contributed by atoms with Crippen LogP contribution in [0.2, 0.25) is 0 Å². The van der Waals surface area contributed by atoms with Crippen molar-refractivity contribution < 1.29 is 0 Å². The number of pyridine rings is 1. The number of imidazole rings is 1. The zero-order chi connectivity index (χ0) is 27.5. The third kappa shape index (κ3) is 5.19. The van der Waals surface area contributed by atoms with Gasteiger partial charge in [0.25, 0.3) is 0 Å². The molecule has 0 amide bonds. The van der Waals surface area contributed by atoms with Crippen molar-refractivity contribution in [3.63, 3.8) is 0 Å². The molecule has 10 nitrogen and oxygen atoms in total. The van der Waals surface area contributed by atoms with Gasteiger partial charge in [0.1, 0.15) is 5.82 Å². The molecule has 0 radical (unpaired) electrons. The summed E-state index contributed by atoms with van der Waals surface area (Å²) in [6.07, 6.45) is 8.60. The van der Waals surface area contributed by atoms with Crippen LogP contribution < -0.4 is 5.69 Å². The average molecular weight is 526 g/mol. The summed E-state index contributed by atoms with van der Waals surface area (Å²) in [4.78, 5) is 18.7. The summed E-state index contributed by atoms with van der Waals surface area (Å²) in [5.74, 6) is 1.62. The van der Waals surface area contributed by atoms with Crippen LogP contribution in [0.25, 0.3) is 28.3 Å². The van der Waals surface area contributed by atoms with Crippen molar-refractivity contribution in [2.45, 2.75) is 72.4 Å². The molecule has 0 aliphatic heterocycles. The van der Waals surface area contributed by atoms with Crippen LogP contribution in [0, 0.1) is 0 Å². The molecule has 39 heavy (non-hydrogen) atoms. The summed E-state index contributed by atoms with van der Waals surface area (Å²) < 4.78 is 5.58. The number of aromatic amines is 1. The third-order valence-electron chi connectivity index (χ3n) is 6.95. The number of nitrogens with one attached hydrogen (secondary N) is 1. The molecule has 0 saturated carbocycles. The lowest BCUT2D eigenvalue weighted by Gasteiger charge is -2.14. The first-order valence-electron chi connectivity index (χ1n) is 13.6. The van der Waals surface area contributed by atoms with E-state index in [0.717, 1.165) is 58.7 Å². The van der Waals surface area contributed by atoms with Gasteiger partial charge in [0.15, 0.2) is 0 Å². The molecule has 1 N–H and O–H groups in total. The molecule has 4 aromatic heterocycles. The van der Waals surface area contributed by atoms with Crippen LogP contribution in [0.5, 0.6) is 0 Å². The standard InChI is InChI=1S/C29H35N9O/c1-6-7-10-23-18-37(28-26(19(2)3)16-31-38(28)20(4)5)29(39)36(23)17-22-14-13-21(15-30-22)24-11-8-9-12-25(24)27-32-34-35-33-27/h8-9,11-16,18-20H,6-7,10,17H2,1-5H3,(H,32,33,34,35). The molecule has 4 heterocycles. The fraction of sp³-hybridized carbons (Fsp3) is 0.379. The minimum atomic E-state index is -0.0706. The Labute approximate surface area is 227 Å². The van der Waals surface area contributed by atoms with Crippen LogP contribution in [0.3, 0.4) is 0 Å². The smallest absolute Gasteiger partial charge is 0.290 e. The molecular weight excluding hydrogens is 490 g/mol. The molecule has 0 fully saturated rings. The van der Waals surface area contributed by atoms with Gasteiger partial charge in [0.2, 0.25) is 5.82 Å². The largest absolute Gasteiger partial charge is 0.334 e. The zero-order valence-corrected chi connectivity index (χ0v) is 23.2. The lowest BCUT2D eigenvalue weighted by molar-refractivity contribution is 0.517. The van der Waals surface area contributed by atoms with Gasteiger partial charge in [-0.2, -0.15) is 10.3 Å². The highest BCUT2D eigenvalue weighted by Gasteiger charge is 2.22. The van der Waals surface area contributed by atoms with E-state index in [1.807, 2.05) is 64.2 Å². The molecule has 0 spiro atoms. The predicted molar refractivity (Wildman–Crippen MR) is 151 cm³/mol. The number of tetrazole rings is 1. The Hall–Kier alpha value is -4.34. The second kappa shape index (κ2) is 11.2. The average Bonchev–Trinajstić information content (AvgIpc) is 3.68. The number of hydrogen-bond acceptors (Lipinski definition) is 6. The predicted octanol–water partition coefficient (Wildman–Crippen LogP) is 5.17. The first kappa shape index (κ1) is 26.3. The molecule has 202 valence electrons. The van der Waals surface area contributed by atoms with Gasteiger partial charge in [0.05, 0.1) is 18.4 Å². The second-order valence-corrected chi connectivity index (χ2v) is 10.4. The second-order valence-electron chi connectivity index (χ2n) is 10.4. The monoisotopic (exact) mass is 525 g/mol. The molecule has 0 aliphatic rings. The maximum Gasteiger partial charge on any atom is 0.334 e. The number of hydrogen-bond donors (Lipinski definition) is 1. The fourth-order valence-electron chi connectivity index (χ4n) is 4.85. The van der Waals surface area contributed by atoms with E-state index in [-0.39, 0.29) is 17.6 Å². The lowest BCUT2D eigenvalue weighted by Crippen LogP contribution is -2.27. The summed E-state index contributed by atoms with van der Waals surface area (Å²) in [6.45, 7) is 11.0. The minimum absolute atomic E-state index is 0.0706. The topological polar surface area (TPSA) is 112 Å². The molecule has 10 heteroatoms. The normalized spacial score (nSPS) is 11.7. The van der Waals surface area contributed by atoms with Gasteiger partial charge in [-0.3, -0.25) is 14.1 Å². The van der Waals surface area contributed by atoms with Crippen molar-refractivity contribution in [1.82, 2.24) is 44.5 Å². The minimum Gasteiger partial charge on any atom is -0.290 e. The Bertz CT molecular complexity index is 1560. The Morgan fingerprint density at radius 2 is 1.79 bits per heavy atom. The molecule has 5 aromatic rings. The Balaban J connectivity index is 1.52. The van der Waals surface area contributed by atoms with E-state index in [2.05, 4.69) is 60.3 Å². The van der Waals surface area contributed by atoms with Crippen LogP contribution in [-0.2, 0) is 13.0 Å². The number of H-pyrrole nitrogens is 1. The summed E-state index contributed by atoms with van der Waals surface area (Å²) in [5, 5.41) is 19.1. The van der Waals surface area contributed by atoms with Crippen LogP contribution in [0.1, 0.15) is 76.4 Å². The highest BCUT2D eigenvalue weighted by Crippen LogP contribution is 2.29. The summed E-state index contributed by atoms with van der Waals surface area (Å²) in [6, 6.07) is 12.0. The molecule has 0 aliphatic carbocycles. The Morgan fingerprint density at radius 1 is 1.00 bits per heavy atom. The number of rotatable bonds is 10. The van der Waals surface area contributed by atoms with E-state index < -0.39 is 0 Å². The molecule has 0 atom stereocenters. The molecule has 1 aromatic carbocycles. The number of nitrogens with zero attached hydrogens (tertiary/aromatic N) is 8. The van der Waals surface area contributed by atoms with Crippen molar-refractivity contribution in [2.75, 3.05) is 0 Å². The van der Waals surface area contributed by atoms with E-state index in [0.29, 0.717) is 12.4 Å². The Morgan fingerprint density at radius 3 is 2.44 bits per heavy atom. The molecule has 0 saturated heterocycles. The number of benzene rings is 1. The van der Waals surface area contributed by atoms with Gasteiger partial charge in [-0.15, -0.1) is 10.2 Å². The number of aryl methyl sites for hydroxylation is 1. The highest BCUT2D eigenvalue weighted by molar-refractivity contribution is 5.79. The Kier molecular flexibility index (Phi) is 7.53. The van der Waals surface area contributed by atoms with Crippen molar-refractivity contribution in [3.8, 4) is 28.3 Å².